The topological polar surface area (TPSA) is 108 Å². The van der Waals surface area contributed by atoms with Gasteiger partial charge in [0.15, 0.2) is 12.1 Å². The molecule has 2 heterocycles. The van der Waals surface area contributed by atoms with Crippen molar-refractivity contribution in [2.24, 2.45) is 5.92 Å². The highest BCUT2D eigenvalue weighted by Gasteiger charge is 2.39. The molecule has 0 radical (unpaired) electrons. The first kappa shape index (κ1) is 29.1. The molecular weight excluding hydrogens is 520 g/mol. The van der Waals surface area contributed by atoms with Gasteiger partial charge in [-0.15, -0.1) is 0 Å². The molecular formula is C33H38N2O6. The van der Waals surface area contributed by atoms with Crippen LogP contribution in [0.4, 0.5) is 5.69 Å². The summed E-state index contributed by atoms with van der Waals surface area (Å²) in [6.07, 6.45) is -0.264. The number of aliphatic hydroxyl groups is 2. The van der Waals surface area contributed by atoms with E-state index >= 15 is 0 Å². The number of nitrogens with zero attached hydrogens (tertiary/aromatic N) is 1. The molecule has 5 rings (SSSR count). The Labute approximate surface area is 240 Å². The Balaban J connectivity index is 1.29. The Morgan fingerprint density at radius 3 is 2.34 bits per heavy atom. The SMILES string of the molecule is CC(=O)c1cccc(NC(=O)Cc2ccc(C3O[C@H](CN4CC[C@@H](O)C4)[C@H](C)[C@H](c4ccc(CO)cc4)O3)cc2)c1. The van der Waals surface area contributed by atoms with E-state index in [-0.39, 0.29) is 48.9 Å². The van der Waals surface area contributed by atoms with Crippen LogP contribution in [-0.2, 0) is 27.3 Å². The molecule has 0 spiro atoms. The first-order chi connectivity index (χ1) is 19.8. The van der Waals surface area contributed by atoms with Crippen molar-refractivity contribution in [2.45, 2.75) is 57.9 Å². The molecule has 0 aliphatic carbocycles. The number of likely N-dealkylation sites (tertiary alicyclic amines) is 1. The van der Waals surface area contributed by atoms with Crippen LogP contribution in [0.1, 0.15) is 65.3 Å². The second kappa shape index (κ2) is 13.1. The van der Waals surface area contributed by atoms with Gasteiger partial charge in [-0.25, -0.2) is 0 Å². The maximum atomic E-state index is 12.7. The summed E-state index contributed by atoms with van der Waals surface area (Å²) in [5, 5.41) is 22.4. The smallest absolute Gasteiger partial charge is 0.228 e. The van der Waals surface area contributed by atoms with Crippen LogP contribution in [0.15, 0.2) is 72.8 Å². The fraction of sp³-hybridized carbons (Fsp3) is 0.394. The van der Waals surface area contributed by atoms with E-state index in [9.17, 15) is 19.8 Å². The summed E-state index contributed by atoms with van der Waals surface area (Å²) in [6.45, 7) is 5.80. The van der Waals surface area contributed by atoms with Crippen LogP contribution in [-0.4, -0.2) is 58.6 Å². The van der Waals surface area contributed by atoms with Gasteiger partial charge >= 0.3 is 0 Å². The molecule has 1 unspecified atom stereocenters. The molecule has 2 aliphatic rings. The van der Waals surface area contributed by atoms with Crippen molar-refractivity contribution in [2.75, 3.05) is 25.0 Å². The summed E-state index contributed by atoms with van der Waals surface area (Å²) in [5.41, 5.74) is 4.72. The number of β-amino-alcohol motifs (C(OH)–C–C–N with tert-alkyl or cyclic N) is 1. The van der Waals surface area contributed by atoms with E-state index in [2.05, 4.69) is 17.1 Å². The molecule has 8 heteroatoms. The third kappa shape index (κ3) is 7.28. The number of amides is 1. The van der Waals surface area contributed by atoms with Gasteiger partial charge in [-0.3, -0.25) is 14.5 Å². The number of anilines is 1. The average Bonchev–Trinajstić information content (AvgIpc) is 3.39. The molecule has 0 bridgehead atoms. The summed E-state index contributed by atoms with van der Waals surface area (Å²) in [7, 11) is 0. The monoisotopic (exact) mass is 558 g/mol. The maximum absolute atomic E-state index is 12.7. The van der Waals surface area contributed by atoms with Gasteiger partial charge in [0, 0.05) is 42.4 Å². The Morgan fingerprint density at radius 2 is 1.68 bits per heavy atom. The molecule has 2 aliphatic heterocycles. The third-order valence-electron chi connectivity index (χ3n) is 7.98. The van der Waals surface area contributed by atoms with Crippen molar-refractivity contribution in [3.05, 3.63) is 101 Å². The zero-order chi connectivity index (χ0) is 28.9. The van der Waals surface area contributed by atoms with Gasteiger partial charge in [-0.2, -0.15) is 0 Å². The maximum Gasteiger partial charge on any atom is 0.228 e. The number of hydrogen-bond acceptors (Lipinski definition) is 7. The highest BCUT2D eigenvalue weighted by Crippen LogP contribution is 2.42. The van der Waals surface area contributed by atoms with E-state index in [0.29, 0.717) is 24.3 Å². The Hall–Kier alpha value is -3.40. The summed E-state index contributed by atoms with van der Waals surface area (Å²) in [5.74, 6) is -0.159. The fourth-order valence-corrected chi connectivity index (χ4v) is 5.56. The van der Waals surface area contributed by atoms with Crippen LogP contribution in [0.5, 0.6) is 0 Å². The predicted molar refractivity (Wildman–Crippen MR) is 155 cm³/mol. The summed E-state index contributed by atoms with van der Waals surface area (Å²) in [4.78, 5) is 26.6. The van der Waals surface area contributed by atoms with E-state index in [0.717, 1.165) is 35.2 Å². The summed E-state index contributed by atoms with van der Waals surface area (Å²) >= 11 is 0. The molecule has 8 nitrogen and oxygen atoms in total. The quantitative estimate of drug-likeness (QED) is 0.334. The molecule has 3 aromatic rings. The fourth-order valence-electron chi connectivity index (χ4n) is 5.56. The number of aliphatic hydroxyl groups excluding tert-OH is 2. The van der Waals surface area contributed by atoms with Crippen LogP contribution in [0.25, 0.3) is 0 Å². The van der Waals surface area contributed by atoms with Crippen LogP contribution in [0.2, 0.25) is 0 Å². The average molecular weight is 559 g/mol. The zero-order valence-corrected chi connectivity index (χ0v) is 23.5. The zero-order valence-electron chi connectivity index (χ0n) is 23.5. The second-order valence-electron chi connectivity index (χ2n) is 11.1. The van der Waals surface area contributed by atoms with E-state index in [1.165, 1.54) is 6.92 Å². The number of ether oxygens (including phenoxy) is 2. The number of benzene rings is 3. The summed E-state index contributed by atoms with van der Waals surface area (Å²) < 4.78 is 13.0. The number of Topliss-reactive ketones (excluding diaryl/α,β-unsaturated/α-hetero) is 1. The third-order valence-corrected chi connectivity index (χ3v) is 7.98. The Bertz CT molecular complexity index is 1340. The van der Waals surface area contributed by atoms with Gasteiger partial charge in [-0.05, 0) is 42.2 Å². The number of rotatable bonds is 9. The van der Waals surface area contributed by atoms with Crippen molar-refractivity contribution in [3.63, 3.8) is 0 Å². The van der Waals surface area contributed by atoms with Crippen molar-refractivity contribution in [1.82, 2.24) is 4.90 Å². The number of carbonyl (C=O) groups excluding carboxylic acids is 2. The van der Waals surface area contributed by atoms with Gasteiger partial charge < -0.3 is 25.0 Å². The molecule has 0 saturated carbocycles. The van der Waals surface area contributed by atoms with Crippen molar-refractivity contribution in [3.8, 4) is 0 Å². The summed E-state index contributed by atoms with van der Waals surface area (Å²) in [6, 6.07) is 22.4. The molecule has 2 saturated heterocycles. The van der Waals surface area contributed by atoms with Gasteiger partial charge in [0.1, 0.15) is 0 Å². The molecule has 3 aromatic carbocycles. The predicted octanol–water partition coefficient (Wildman–Crippen LogP) is 4.42. The molecule has 2 fully saturated rings. The number of hydrogen-bond donors (Lipinski definition) is 3. The molecule has 3 N–H and O–H groups in total. The largest absolute Gasteiger partial charge is 0.392 e. The molecule has 1 amide bonds. The lowest BCUT2D eigenvalue weighted by atomic mass is 9.90. The van der Waals surface area contributed by atoms with Gasteiger partial charge in [-0.1, -0.05) is 67.6 Å². The molecule has 5 atom stereocenters. The van der Waals surface area contributed by atoms with Gasteiger partial charge in [0.25, 0.3) is 0 Å². The second-order valence-corrected chi connectivity index (χ2v) is 11.1. The highest BCUT2D eigenvalue weighted by atomic mass is 16.7. The molecule has 216 valence electrons. The standard InChI is InChI=1S/C33H38N2O6/c1-21-30(19-35-15-14-29(38)18-35)40-33(41-32(21)25-10-8-24(20-36)9-11-25)26-12-6-23(7-13-26)16-31(39)34-28-5-3-4-27(17-28)22(2)37/h3-13,17,21,29-30,32-33,36,38H,14-16,18-20H2,1-2H3,(H,34,39)/t21-,29+,30+,32+,33?/m0/s1. The number of ketones is 1. The number of nitrogens with one attached hydrogen (secondary N) is 1. The first-order valence-corrected chi connectivity index (χ1v) is 14.2. The van der Waals surface area contributed by atoms with E-state index < -0.39 is 6.29 Å². The van der Waals surface area contributed by atoms with Crippen LogP contribution >= 0.6 is 0 Å². The first-order valence-electron chi connectivity index (χ1n) is 14.2. The lowest BCUT2D eigenvalue weighted by molar-refractivity contribution is -0.276. The highest BCUT2D eigenvalue weighted by molar-refractivity contribution is 5.97. The minimum absolute atomic E-state index is 0.0117. The van der Waals surface area contributed by atoms with Gasteiger partial charge in [0.2, 0.25) is 5.91 Å². The normalized spacial score (nSPS) is 24.7. The van der Waals surface area contributed by atoms with Crippen LogP contribution in [0, 0.1) is 5.92 Å². The van der Waals surface area contributed by atoms with Gasteiger partial charge in [0.05, 0.1) is 31.3 Å². The minimum Gasteiger partial charge on any atom is -0.392 e. The van der Waals surface area contributed by atoms with E-state index in [1.807, 2.05) is 48.5 Å². The van der Waals surface area contributed by atoms with E-state index in [4.69, 9.17) is 9.47 Å². The Kier molecular flexibility index (Phi) is 9.27. The van der Waals surface area contributed by atoms with Crippen molar-refractivity contribution < 1.29 is 29.3 Å². The van der Waals surface area contributed by atoms with E-state index in [1.54, 1.807) is 24.3 Å². The Morgan fingerprint density at radius 1 is 0.976 bits per heavy atom. The molecule has 0 aromatic heterocycles. The number of carbonyl (C=O) groups is 2. The lowest BCUT2D eigenvalue weighted by Crippen LogP contribution is -2.44. The molecule has 41 heavy (non-hydrogen) atoms. The minimum atomic E-state index is -0.594. The lowest BCUT2D eigenvalue weighted by Gasteiger charge is -2.42. The van der Waals surface area contributed by atoms with Crippen LogP contribution < -0.4 is 5.32 Å². The van der Waals surface area contributed by atoms with Crippen molar-refractivity contribution in [1.29, 1.82) is 0 Å². The van der Waals surface area contributed by atoms with Crippen LogP contribution in [0.3, 0.4) is 0 Å². The van der Waals surface area contributed by atoms with Crippen molar-refractivity contribution >= 4 is 17.4 Å².